The van der Waals surface area contributed by atoms with Gasteiger partial charge in [0.1, 0.15) is 17.6 Å². The van der Waals surface area contributed by atoms with Gasteiger partial charge in [-0.1, -0.05) is 49.6 Å². The number of esters is 1. The molecule has 1 saturated carbocycles. The lowest BCUT2D eigenvalue weighted by Crippen LogP contribution is -2.10. The highest BCUT2D eigenvalue weighted by Crippen LogP contribution is 2.35. The molecule has 0 N–H and O–H groups in total. The second kappa shape index (κ2) is 11.8. The number of hydrogen-bond donors (Lipinski definition) is 0. The largest absolute Gasteiger partial charge is 0.423 e. The Morgan fingerprint density at radius 3 is 2.12 bits per heavy atom. The van der Waals surface area contributed by atoms with Crippen molar-refractivity contribution < 1.29 is 13.9 Å². The Labute approximate surface area is 200 Å². The second-order valence-corrected chi connectivity index (χ2v) is 8.70. The molecule has 4 rings (SSSR count). The fourth-order valence-electron chi connectivity index (χ4n) is 3.93. The number of benzene rings is 3. The van der Waals surface area contributed by atoms with Crippen LogP contribution in [0.1, 0.15) is 71.1 Å². The predicted octanol–water partition coefficient (Wildman–Crippen LogP) is 7.08. The Morgan fingerprint density at radius 1 is 0.912 bits per heavy atom. The number of carbonyl (C=O) groups is 1. The number of nitrogens with zero attached hydrogens (tertiary/aromatic N) is 2. The predicted molar refractivity (Wildman–Crippen MR) is 129 cm³/mol. The van der Waals surface area contributed by atoms with Gasteiger partial charge in [-0.15, -0.1) is 0 Å². The molecule has 0 unspecified atom stereocenters. The van der Waals surface area contributed by atoms with Gasteiger partial charge < -0.3 is 4.74 Å². The van der Waals surface area contributed by atoms with Crippen LogP contribution >= 0.6 is 0 Å². The molecule has 1 fully saturated rings. The lowest BCUT2D eigenvalue weighted by molar-refractivity contribution is 0.0734. The summed E-state index contributed by atoms with van der Waals surface area (Å²) in [4.78, 5) is 11.8. The van der Waals surface area contributed by atoms with E-state index in [0.717, 1.165) is 29.0 Å². The van der Waals surface area contributed by atoms with Gasteiger partial charge >= 0.3 is 5.97 Å². The first kappa shape index (κ1) is 24.7. The lowest BCUT2D eigenvalue weighted by Gasteiger charge is -2.26. The first-order valence-electron chi connectivity index (χ1n) is 11.4. The minimum atomic E-state index is -0.711. The van der Waals surface area contributed by atoms with Crippen LogP contribution in [0.3, 0.4) is 0 Å². The quantitative estimate of drug-likeness (QED) is 0.313. The molecular weight excluding hydrogens is 427 g/mol. The first-order valence-corrected chi connectivity index (χ1v) is 11.4. The van der Waals surface area contributed by atoms with E-state index < -0.39 is 11.8 Å². The molecule has 0 aromatic heterocycles. The molecule has 3 aromatic rings. The summed E-state index contributed by atoms with van der Waals surface area (Å²) >= 11 is 0. The number of carbonyl (C=O) groups excluding carboxylic acids is 1. The smallest absolute Gasteiger partial charge is 0.343 e. The van der Waals surface area contributed by atoms with E-state index in [1.807, 2.05) is 19.1 Å². The molecule has 0 spiro atoms. The van der Waals surface area contributed by atoms with E-state index in [4.69, 9.17) is 15.3 Å². The van der Waals surface area contributed by atoms with Crippen LogP contribution in [0.15, 0.2) is 66.7 Å². The average molecular weight is 455 g/mol. The van der Waals surface area contributed by atoms with Crippen molar-refractivity contribution in [1.29, 1.82) is 10.5 Å². The Bertz CT molecular complexity index is 1200. The number of hydrogen-bond acceptors (Lipinski definition) is 4. The number of rotatable bonds is 3. The monoisotopic (exact) mass is 454 g/mol. The third-order valence-corrected chi connectivity index (χ3v) is 6.09. The summed E-state index contributed by atoms with van der Waals surface area (Å²) < 4.78 is 18.4. The summed E-state index contributed by atoms with van der Waals surface area (Å²) in [5.41, 5.74) is 3.51. The SMILES string of the molecule is CC1CCC(c2ccc(C#N)cc2)CC1.Cc1ccc(C(=O)Oc2ccc(C#N)c(F)c2)cc1. The summed E-state index contributed by atoms with van der Waals surface area (Å²) in [6.45, 7) is 4.25. The van der Waals surface area contributed by atoms with Gasteiger partial charge in [0, 0.05) is 6.07 Å². The highest BCUT2D eigenvalue weighted by molar-refractivity contribution is 5.91. The Balaban J connectivity index is 0.000000196. The summed E-state index contributed by atoms with van der Waals surface area (Å²) in [7, 11) is 0. The third kappa shape index (κ3) is 6.77. The highest BCUT2D eigenvalue weighted by atomic mass is 19.1. The minimum absolute atomic E-state index is 0.0714. The number of nitriles is 2. The number of halogens is 1. The Hall–Kier alpha value is -3.96. The molecule has 1 aliphatic carbocycles. The van der Waals surface area contributed by atoms with E-state index >= 15 is 0 Å². The van der Waals surface area contributed by atoms with Gasteiger partial charge in [-0.2, -0.15) is 10.5 Å². The zero-order valence-corrected chi connectivity index (χ0v) is 19.4. The standard InChI is InChI=1S/C15H10FNO2.C14H17N/c1-10-2-4-11(5-3-10)15(18)19-13-7-6-12(9-17)14(16)8-13;1-11-2-6-13(7-3-11)14-8-4-12(10-15)5-9-14/h2-8H,1H3;4-5,8-9,11,13H,2-3,6-7H2,1H3. The maximum Gasteiger partial charge on any atom is 0.343 e. The van der Waals surface area contributed by atoms with E-state index in [1.165, 1.54) is 43.4 Å². The molecule has 0 amide bonds. The molecule has 0 bridgehead atoms. The Morgan fingerprint density at radius 2 is 1.56 bits per heavy atom. The Kier molecular flexibility index (Phi) is 8.54. The van der Waals surface area contributed by atoms with Crippen LogP contribution in [-0.2, 0) is 0 Å². The summed E-state index contributed by atoms with van der Waals surface area (Å²) in [5.74, 6) is 0.427. The van der Waals surface area contributed by atoms with Crippen LogP contribution < -0.4 is 4.74 Å². The molecule has 0 saturated heterocycles. The maximum absolute atomic E-state index is 13.3. The van der Waals surface area contributed by atoms with Crippen molar-refractivity contribution in [3.63, 3.8) is 0 Å². The van der Waals surface area contributed by atoms with Gasteiger partial charge in [0.05, 0.1) is 22.8 Å². The van der Waals surface area contributed by atoms with Crippen LogP contribution in [0.2, 0.25) is 0 Å². The fraction of sp³-hybridized carbons (Fsp3) is 0.276. The molecule has 0 radical (unpaired) electrons. The fourth-order valence-corrected chi connectivity index (χ4v) is 3.93. The van der Waals surface area contributed by atoms with E-state index in [-0.39, 0.29) is 11.3 Å². The summed E-state index contributed by atoms with van der Waals surface area (Å²) in [6, 6.07) is 22.5. The lowest BCUT2D eigenvalue weighted by atomic mass is 9.79. The number of aryl methyl sites for hydroxylation is 1. The van der Waals surface area contributed by atoms with Gasteiger partial charge in [0.2, 0.25) is 0 Å². The average Bonchev–Trinajstić information content (AvgIpc) is 2.85. The molecule has 4 nitrogen and oxygen atoms in total. The van der Waals surface area contributed by atoms with Gasteiger partial charge in [-0.05, 0) is 73.6 Å². The molecule has 0 aliphatic heterocycles. The van der Waals surface area contributed by atoms with Crippen molar-refractivity contribution in [1.82, 2.24) is 0 Å². The molecule has 172 valence electrons. The van der Waals surface area contributed by atoms with E-state index in [0.29, 0.717) is 5.56 Å². The van der Waals surface area contributed by atoms with Gasteiger partial charge in [0.25, 0.3) is 0 Å². The van der Waals surface area contributed by atoms with E-state index in [2.05, 4.69) is 25.1 Å². The molecule has 0 heterocycles. The van der Waals surface area contributed by atoms with E-state index in [9.17, 15) is 9.18 Å². The van der Waals surface area contributed by atoms with Gasteiger partial charge in [-0.3, -0.25) is 0 Å². The molecule has 5 heteroatoms. The normalized spacial score (nSPS) is 16.9. The van der Waals surface area contributed by atoms with Crippen LogP contribution in [0.5, 0.6) is 5.75 Å². The zero-order chi connectivity index (χ0) is 24.5. The molecule has 1 aliphatic rings. The van der Waals surface area contributed by atoms with Crippen molar-refractivity contribution in [2.75, 3.05) is 0 Å². The van der Waals surface area contributed by atoms with Crippen molar-refractivity contribution in [3.05, 3.63) is 100 Å². The second-order valence-electron chi connectivity index (χ2n) is 8.70. The van der Waals surface area contributed by atoms with Crippen LogP contribution in [0, 0.1) is 41.3 Å². The van der Waals surface area contributed by atoms with Crippen molar-refractivity contribution >= 4 is 5.97 Å². The van der Waals surface area contributed by atoms with Gasteiger partial charge in [-0.25, -0.2) is 9.18 Å². The zero-order valence-electron chi connectivity index (χ0n) is 19.4. The van der Waals surface area contributed by atoms with Gasteiger partial charge in [0.15, 0.2) is 0 Å². The maximum atomic E-state index is 13.3. The highest BCUT2D eigenvalue weighted by Gasteiger charge is 2.19. The van der Waals surface area contributed by atoms with Crippen LogP contribution in [0.4, 0.5) is 4.39 Å². The minimum Gasteiger partial charge on any atom is -0.423 e. The van der Waals surface area contributed by atoms with Crippen molar-refractivity contribution in [2.45, 2.75) is 45.4 Å². The van der Waals surface area contributed by atoms with E-state index in [1.54, 1.807) is 30.3 Å². The molecule has 3 aromatic carbocycles. The van der Waals surface area contributed by atoms with Crippen LogP contribution in [0.25, 0.3) is 0 Å². The van der Waals surface area contributed by atoms with Crippen molar-refractivity contribution in [3.8, 4) is 17.9 Å². The molecule has 0 atom stereocenters. The summed E-state index contributed by atoms with van der Waals surface area (Å²) in [5, 5.41) is 17.3. The van der Waals surface area contributed by atoms with Crippen molar-refractivity contribution in [2.24, 2.45) is 5.92 Å². The third-order valence-electron chi connectivity index (χ3n) is 6.09. The van der Waals surface area contributed by atoms with Crippen LogP contribution in [-0.4, -0.2) is 5.97 Å². The molecular formula is C29H27FN2O2. The topological polar surface area (TPSA) is 73.9 Å². The first-order chi connectivity index (χ1) is 16.4. The molecule has 34 heavy (non-hydrogen) atoms. The summed E-state index contributed by atoms with van der Waals surface area (Å²) in [6.07, 6.45) is 5.33. The number of ether oxygens (including phenoxy) is 1.